The van der Waals surface area contributed by atoms with Crippen molar-refractivity contribution in [1.82, 2.24) is 0 Å². The number of hydrogen-bond donors (Lipinski definition) is 2. The average Bonchev–Trinajstić information content (AvgIpc) is 3.00. The molecule has 0 unspecified atom stereocenters. The number of hydrogen-bond acceptors (Lipinski definition) is 7. The summed E-state index contributed by atoms with van der Waals surface area (Å²) in [5, 5.41) is 20.8. The van der Waals surface area contributed by atoms with Gasteiger partial charge in [0.15, 0.2) is 11.5 Å². The molecular weight excluding hydrogens is 390 g/mol. The SMILES string of the molecule is CCOC(=O)C1=C(O)/C(=C/c2ccc(O)c(OC)c2)SC1=Nc1ccc(C)cc1. The van der Waals surface area contributed by atoms with Gasteiger partial charge in [-0.15, -0.1) is 0 Å². The number of esters is 1. The van der Waals surface area contributed by atoms with Gasteiger partial charge in [0.2, 0.25) is 0 Å². The fourth-order valence-electron chi connectivity index (χ4n) is 2.66. The van der Waals surface area contributed by atoms with Gasteiger partial charge in [-0.2, -0.15) is 0 Å². The molecule has 0 spiro atoms. The normalized spacial score (nSPS) is 16.5. The van der Waals surface area contributed by atoms with Gasteiger partial charge in [-0.3, -0.25) is 0 Å². The molecule has 1 heterocycles. The second kappa shape index (κ2) is 8.87. The van der Waals surface area contributed by atoms with E-state index in [1.165, 1.54) is 24.9 Å². The number of methoxy groups -OCH3 is 1. The van der Waals surface area contributed by atoms with E-state index in [0.717, 1.165) is 5.56 Å². The van der Waals surface area contributed by atoms with Crippen molar-refractivity contribution < 1.29 is 24.5 Å². The second-order valence-corrected chi connectivity index (χ2v) is 7.27. The van der Waals surface area contributed by atoms with Crippen LogP contribution in [0.15, 0.2) is 63.7 Å². The standard InChI is InChI=1S/C22H21NO5S/c1-4-28-22(26)19-20(25)18(12-14-7-10-16(24)17(11-14)27-3)29-21(19)23-15-8-5-13(2)6-9-15/h5-12,24-25H,4H2,1-3H3/b18-12-,23-21?. The lowest BCUT2D eigenvalue weighted by Gasteiger charge is -2.04. The van der Waals surface area contributed by atoms with Crippen molar-refractivity contribution in [2.45, 2.75) is 13.8 Å². The van der Waals surface area contributed by atoms with Gasteiger partial charge in [0.05, 0.1) is 24.3 Å². The molecule has 6 nitrogen and oxygen atoms in total. The Bertz CT molecular complexity index is 1020. The van der Waals surface area contributed by atoms with Crippen LogP contribution in [0.4, 0.5) is 5.69 Å². The third-order valence-electron chi connectivity index (χ3n) is 4.14. The van der Waals surface area contributed by atoms with Crippen molar-refractivity contribution in [3.05, 3.63) is 69.8 Å². The number of aliphatic hydroxyl groups excluding tert-OH is 1. The molecule has 2 N–H and O–H groups in total. The number of ether oxygens (including phenoxy) is 2. The highest BCUT2D eigenvalue weighted by atomic mass is 32.2. The Morgan fingerprint density at radius 3 is 2.55 bits per heavy atom. The molecule has 0 atom stereocenters. The van der Waals surface area contributed by atoms with Crippen LogP contribution in [0.2, 0.25) is 0 Å². The summed E-state index contributed by atoms with van der Waals surface area (Å²) in [6, 6.07) is 12.3. The molecule has 0 aromatic heterocycles. The summed E-state index contributed by atoms with van der Waals surface area (Å²) in [5.74, 6) is -0.492. The minimum Gasteiger partial charge on any atom is -0.506 e. The van der Waals surface area contributed by atoms with E-state index in [-0.39, 0.29) is 23.7 Å². The van der Waals surface area contributed by atoms with Gasteiger partial charge in [0, 0.05) is 0 Å². The Balaban J connectivity index is 2.03. The van der Waals surface area contributed by atoms with Gasteiger partial charge in [-0.1, -0.05) is 35.5 Å². The first-order chi connectivity index (χ1) is 13.9. The summed E-state index contributed by atoms with van der Waals surface area (Å²) in [7, 11) is 1.46. The van der Waals surface area contributed by atoms with Crippen molar-refractivity contribution in [3.8, 4) is 11.5 Å². The highest BCUT2D eigenvalue weighted by Crippen LogP contribution is 2.40. The molecule has 1 aliphatic rings. The molecule has 7 heteroatoms. The number of phenols is 1. The van der Waals surface area contributed by atoms with Crippen LogP contribution >= 0.6 is 11.8 Å². The van der Waals surface area contributed by atoms with E-state index < -0.39 is 5.97 Å². The lowest BCUT2D eigenvalue weighted by molar-refractivity contribution is -0.138. The smallest absolute Gasteiger partial charge is 0.344 e. The van der Waals surface area contributed by atoms with Crippen molar-refractivity contribution >= 4 is 34.5 Å². The van der Waals surface area contributed by atoms with Crippen LogP contribution in [0.5, 0.6) is 11.5 Å². The highest BCUT2D eigenvalue weighted by molar-refractivity contribution is 8.18. The number of carbonyl (C=O) groups excluding carboxylic acids is 1. The molecule has 150 valence electrons. The first kappa shape index (κ1) is 20.5. The third kappa shape index (κ3) is 4.63. The zero-order valence-electron chi connectivity index (χ0n) is 16.3. The number of rotatable bonds is 5. The zero-order valence-corrected chi connectivity index (χ0v) is 17.1. The van der Waals surface area contributed by atoms with Crippen LogP contribution in [0.3, 0.4) is 0 Å². The molecule has 2 aromatic carbocycles. The van der Waals surface area contributed by atoms with Crippen molar-refractivity contribution in [2.75, 3.05) is 13.7 Å². The minimum absolute atomic E-state index is 0.0160. The van der Waals surface area contributed by atoms with Gasteiger partial charge in [-0.05, 0) is 49.8 Å². The quantitative estimate of drug-likeness (QED) is 0.680. The number of benzene rings is 2. The fourth-order valence-corrected chi connectivity index (χ4v) is 3.70. The number of aromatic hydroxyl groups is 1. The summed E-state index contributed by atoms with van der Waals surface area (Å²) < 4.78 is 10.2. The van der Waals surface area contributed by atoms with E-state index >= 15 is 0 Å². The molecule has 0 bridgehead atoms. The van der Waals surface area contributed by atoms with Gasteiger partial charge < -0.3 is 19.7 Å². The topological polar surface area (TPSA) is 88.4 Å². The van der Waals surface area contributed by atoms with E-state index in [1.54, 1.807) is 25.1 Å². The first-order valence-corrected chi connectivity index (χ1v) is 9.77. The van der Waals surface area contributed by atoms with E-state index in [1.807, 2.05) is 31.2 Å². The maximum absolute atomic E-state index is 12.4. The van der Waals surface area contributed by atoms with E-state index in [0.29, 0.717) is 26.9 Å². The second-order valence-electron chi connectivity index (χ2n) is 6.24. The lowest BCUT2D eigenvalue weighted by Crippen LogP contribution is -2.12. The Kier molecular flexibility index (Phi) is 6.29. The molecule has 29 heavy (non-hydrogen) atoms. The number of aliphatic hydroxyl groups is 1. The summed E-state index contributed by atoms with van der Waals surface area (Å²) in [4.78, 5) is 17.4. The summed E-state index contributed by atoms with van der Waals surface area (Å²) in [5.41, 5.74) is 2.49. The highest BCUT2D eigenvalue weighted by Gasteiger charge is 2.33. The molecule has 0 radical (unpaired) electrons. The molecule has 0 saturated carbocycles. The van der Waals surface area contributed by atoms with Crippen LogP contribution in [0.1, 0.15) is 18.1 Å². The van der Waals surface area contributed by atoms with E-state index in [2.05, 4.69) is 4.99 Å². The van der Waals surface area contributed by atoms with Crippen LogP contribution in [-0.4, -0.2) is 34.9 Å². The summed E-state index contributed by atoms with van der Waals surface area (Å²) >= 11 is 1.18. The lowest BCUT2D eigenvalue weighted by atomic mass is 10.1. The van der Waals surface area contributed by atoms with Crippen LogP contribution in [-0.2, 0) is 9.53 Å². The van der Waals surface area contributed by atoms with Crippen molar-refractivity contribution in [3.63, 3.8) is 0 Å². The Morgan fingerprint density at radius 2 is 1.90 bits per heavy atom. The van der Waals surface area contributed by atoms with Crippen molar-refractivity contribution in [1.29, 1.82) is 0 Å². The molecule has 3 rings (SSSR count). The molecule has 0 fully saturated rings. The maximum atomic E-state index is 12.4. The Morgan fingerprint density at radius 1 is 1.17 bits per heavy atom. The largest absolute Gasteiger partial charge is 0.506 e. The van der Waals surface area contributed by atoms with Gasteiger partial charge in [0.25, 0.3) is 0 Å². The third-order valence-corrected chi connectivity index (χ3v) is 5.16. The summed E-state index contributed by atoms with van der Waals surface area (Å²) in [6.45, 7) is 3.87. The number of phenolic OH excluding ortho intramolecular Hbond substituents is 1. The monoisotopic (exact) mass is 411 g/mol. The predicted octanol–water partition coefficient (Wildman–Crippen LogP) is 4.90. The summed E-state index contributed by atoms with van der Waals surface area (Å²) in [6.07, 6.45) is 1.69. The fraction of sp³-hybridized carbons (Fsp3) is 0.182. The van der Waals surface area contributed by atoms with Gasteiger partial charge in [0.1, 0.15) is 16.4 Å². The average molecular weight is 411 g/mol. The van der Waals surface area contributed by atoms with Gasteiger partial charge in [-0.25, -0.2) is 9.79 Å². The van der Waals surface area contributed by atoms with Crippen molar-refractivity contribution in [2.24, 2.45) is 4.99 Å². The van der Waals surface area contributed by atoms with E-state index in [4.69, 9.17) is 9.47 Å². The van der Waals surface area contributed by atoms with Gasteiger partial charge >= 0.3 is 5.97 Å². The maximum Gasteiger partial charge on any atom is 0.344 e. The zero-order chi connectivity index (χ0) is 21.0. The first-order valence-electron chi connectivity index (χ1n) is 8.96. The molecular formula is C22H21NO5S. The Labute approximate surface area is 173 Å². The van der Waals surface area contributed by atoms with Crippen LogP contribution in [0, 0.1) is 6.92 Å². The van der Waals surface area contributed by atoms with Crippen LogP contribution in [0.25, 0.3) is 6.08 Å². The molecule has 1 aliphatic heterocycles. The predicted molar refractivity (Wildman–Crippen MR) is 115 cm³/mol. The number of thioether (sulfide) groups is 1. The number of aryl methyl sites for hydroxylation is 1. The Hall–Kier alpha value is -3.19. The van der Waals surface area contributed by atoms with Crippen LogP contribution < -0.4 is 4.74 Å². The number of nitrogens with zero attached hydrogens (tertiary/aromatic N) is 1. The van der Waals surface area contributed by atoms with E-state index in [9.17, 15) is 15.0 Å². The molecule has 0 aliphatic carbocycles. The molecule has 0 amide bonds. The number of carbonyl (C=O) groups is 1. The number of aliphatic imine (C=N–C) groups is 1. The molecule has 2 aromatic rings. The molecule has 0 saturated heterocycles. The minimum atomic E-state index is -0.630.